The summed E-state index contributed by atoms with van der Waals surface area (Å²) in [6.07, 6.45) is 0.584. The molecule has 0 saturated heterocycles. The third kappa shape index (κ3) is 2.74. The minimum absolute atomic E-state index is 0.348. The number of carboxylic acid groups (broad SMARTS) is 1. The molecular formula is C17H13FN2O2. The van der Waals surface area contributed by atoms with Gasteiger partial charge in [-0.3, -0.25) is 0 Å². The molecule has 0 amide bonds. The van der Waals surface area contributed by atoms with Gasteiger partial charge >= 0.3 is 6.09 Å². The van der Waals surface area contributed by atoms with Crippen molar-refractivity contribution in [2.75, 3.05) is 0 Å². The smallest absolute Gasteiger partial charge is 0.432 e. The third-order valence-electron chi connectivity index (χ3n) is 3.37. The van der Waals surface area contributed by atoms with Crippen molar-refractivity contribution in [1.82, 2.24) is 9.78 Å². The van der Waals surface area contributed by atoms with Gasteiger partial charge in [0, 0.05) is 23.7 Å². The van der Waals surface area contributed by atoms with E-state index >= 15 is 0 Å². The predicted molar refractivity (Wildman–Crippen MR) is 80.3 cm³/mol. The van der Waals surface area contributed by atoms with Crippen LogP contribution in [-0.4, -0.2) is 21.0 Å². The van der Waals surface area contributed by atoms with Crippen molar-refractivity contribution in [2.45, 2.75) is 6.42 Å². The molecule has 1 N–H and O–H groups in total. The van der Waals surface area contributed by atoms with Gasteiger partial charge in [-0.15, -0.1) is 0 Å². The SMILES string of the molecule is O=C(O)n1cc(-c2ccccc2F)c(Cc2ccccc2)n1. The van der Waals surface area contributed by atoms with E-state index in [1.165, 1.54) is 12.3 Å². The van der Waals surface area contributed by atoms with Crippen molar-refractivity contribution in [3.63, 3.8) is 0 Å². The van der Waals surface area contributed by atoms with Gasteiger partial charge in [-0.1, -0.05) is 48.5 Å². The average Bonchev–Trinajstić information content (AvgIpc) is 2.93. The van der Waals surface area contributed by atoms with Crippen LogP contribution in [0.15, 0.2) is 60.8 Å². The molecule has 0 unspecified atom stereocenters. The maximum absolute atomic E-state index is 14.0. The van der Waals surface area contributed by atoms with Gasteiger partial charge in [0.05, 0.1) is 5.69 Å². The van der Waals surface area contributed by atoms with Crippen LogP contribution in [0.3, 0.4) is 0 Å². The zero-order valence-electron chi connectivity index (χ0n) is 11.6. The molecule has 0 saturated carbocycles. The summed E-state index contributed by atoms with van der Waals surface area (Å²) in [6, 6.07) is 15.8. The van der Waals surface area contributed by atoms with Crippen LogP contribution in [0.5, 0.6) is 0 Å². The Bertz CT molecular complexity index is 813. The number of rotatable bonds is 3. The summed E-state index contributed by atoms with van der Waals surface area (Å²) in [4.78, 5) is 11.1. The van der Waals surface area contributed by atoms with Crippen LogP contribution in [0.1, 0.15) is 11.3 Å². The van der Waals surface area contributed by atoms with E-state index in [2.05, 4.69) is 5.10 Å². The molecule has 1 heterocycles. The van der Waals surface area contributed by atoms with Gasteiger partial charge in [-0.25, -0.2) is 9.18 Å². The molecule has 0 aliphatic heterocycles. The van der Waals surface area contributed by atoms with Crippen molar-refractivity contribution in [2.24, 2.45) is 0 Å². The lowest BCUT2D eigenvalue weighted by molar-refractivity contribution is 0.192. The number of hydrogen-bond acceptors (Lipinski definition) is 2. The molecule has 22 heavy (non-hydrogen) atoms. The monoisotopic (exact) mass is 296 g/mol. The highest BCUT2D eigenvalue weighted by Crippen LogP contribution is 2.27. The molecule has 3 aromatic rings. The van der Waals surface area contributed by atoms with Crippen LogP contribution < -0.4 is 0 Å². The van der Waals surface area contributed by atoms with E-state index in [1.807, 2.05) is 30.3 Å². The molecule has 0 bridgehead atoms. The highest BCUT2D eigenvalue weighted by Gasteiger charge is 2.17. The minimum Gasteiger partial charge on any atom is -0.463 e. The lowest BCUT2D eigenvalue weighted by Crippen LogP contribution is -2.08. The highest BCUT2D eigenvalue weighted by molar-refractivity contribution is 5.73. The summed E-state index contributed by atoms with van der Waals surface area (Å²) < 4.78 is 14.8. The van der Waals surface area contributed by atoms with Gasteiger partial charge < -0.3 is 5.11 Å². The number of halogens is 1. The van der Waals surface area contributed by atoms with Crippen molar-refractivity contribution < 1.29 is 14.3 Å². The second-order valence-corrected chi connectivity index (χ2v) is 4.86. The van der Waals surface area contributed by atoms with Crippen LogP contribution in [0.4, 0.5) is 9.18 Å². The van der Waals surface area contributed by atoms with E-state index in [1.54, 1.807) is 18.2 Å². The van der Waals surface area contributed by atoms with Gasteiger partial charge in [0.25, 0.3) is 0 Å². The Balaban J connectivity index is 2.09. The summed E-state index contributed by atoms with van der Waals surface area (Å²) in [5.41, 5.74) is 2.35. The lowest BCUT2D eigenvalue weighted by atomic mass is 10.0. The fourth-order valence-corrected chi connectivity index (χ4v) is 2.33. The van der Waals surface area contributed by atoms with Crippen molar-refractivity contribution in [3.05, 3.63) is 77.9 Å². The molecule has 0 aliphatic rings. The van der Waals surface area contributed by atoms with Gasteiger partial charge in [-0.2, -0.15) is 9.78 Å². The molecule has 0 atom stereocenters. The van der Waals surface area contributed by atoms with Crippen molar-refractivity contribution in [3.8, 4) is 11.1 Å². The van der Waals surface area contributed by atoms with Crippen molar-refractivity contribution in [1.29, 1.82) is 0 Å². The quantitative estimate of drug-likeness (QED) is 0.799. The van der Waals surface area contributed by atoms with E-state index < -0.39 is 11.9 Å². The Labute approximate surface area is 126 Å². The first-order chi connectivity index (χ1) is 10.6. The molecule has 3 rings (SSSR count). The molecule has 0 radical (unpaired) electrons. The Hall–Kier alpha value is -2.95. The Morgan fingerprint density at radius 2 is 1.73 bits per heavy atom. The minimum atomic E-state index is -1.20. The first-order valence-electron chi connectivity index (χ1n) is 6.76. The Kier molecular flexibility index (Phi) is 3.70. The van der Waals surface area contributed by atoms with E-state index in [-0.39, 0.29) is 0 Å². The van der Waals surface area contributed by atoms with Gasteiger partial charge in [-0.05, 0) is 11.6 Å². The van der Waals surface area contributed by atoms with Crippen LogP contribution in [0.2, 0.25) is 0 Å². The summed E-state index contributed by atoms with van der Waals surface area (Å²) in [6.45, 7) is 0. The van der Waals surface area contributed by atoms with Gasteiger partial charge in [0.2, 0.25) is 0 Å². The second-order valence-electron chi connectivity index (χ2n) is 4.86. The molecule has 0 fully saturated rings. The lowest BCUT2D eigenvalue weighted by Gasteiger charge is -2.04. The second kappa shape index (κ2) is 5.81. The average molecular weight is 296 g/mol. The summed E-state index contributed by atoms with van der Waals surface area (Å²) in [7, 11) is 0. The van der Waals surface area contributed by atoms with Crippen LogP contribution in [-0.2, 0) is 6.42 Å². The number of hydrogen-bond donors (Lipinski definition) is 1. The zero-order chi connectivity index (χ0) is 15.5. The molecule has 1 aromatic heterocycles. The molecule has 2 aromatic carbocycles. The molecule has 5 heteroatoms. The first kappa shape index (κ1) is 14.0. The van der Waals surface area contributed by atoms with Gasteiger partial charge in [0.15, 0.2) is 0 Å². The Morgan fingerprint density at radius 1 is 1.05 bits per heavy atom. The Morgan fingerprint density at radius 3 is 2.41 bits per heavy atom. The molecule has 0 aliphatic carbocycles. The maximum atomic E-state index is 14.0. The van der Waals surface area contributed by atoms with Gasteiger partial charge in [0.1, 0.15) is 5.82 Å². The first-order valence-corrected chi connectivity index (χ1v) is 6.76. The van der Waals surface area contributed by atoms with Crippen LogP contribution >= 0.6 is 0 Å². The summed E-state index contributed by atoms with van der Waals surface area (Å²) in [5.74, 6) is -0.401. The predicted octanol–water partition coefficient (Wildman–Crippen LogP) is 3.81. The maximum Gasteiger partial charge on any atom is 0.432 e. The molecule has 0 spiro atoms. The summed E-state index contributed by atoms with van der Waals surface area (Å²) >= 11 is 0. The number of benzene rings is 2. The molecular weight excluding hydrogens is 283 g/mol. The molecule has 4 nitrogen and oxygen atoms in total. The number of nitrogens with zero attached hydrogens (tertiary/aromatic N) is 2. The third-order valence-corrected chi connectivity index (χ3v) is 3.37. The zero-order valence-corrected chi connectivity index (χ0v) is 11.6. The fraction of sp³-hybridized carbons (Fsp3) is 0.0588. The highest BCUT2D eigenvalue weighted by atomic mass is 19.1. The van der Waals surface area contributed by atoms with Crippen LogP contribution in [0, 0.1) is 5.82 Å². The van der Waals surface area contributed by atoms with Crippen molar-refractivity contribution >= 4 is 6.09 Å². The standard InChI is InChI=1S/C17H13FN2O2/c18-15-9-5-4-8-13(15)14-11-20(17(21)22)19-16(14)10-12-6-2-1-3-7-12/h1-9,11H,10H2,(H,21,22). The van der Waals surface area contributed by atoms with Crippen LogP contribution in [0.25, 0.3) is 11.1 Å². The summed E-state index contributed by atoms with van der Waals surface area (Å²) in [5, 5.41) is 13.2. The number of carbonyl (C=O) groups is 1. The van der Waals surface area contributed by atoms with E-state index in [0.717, 1.165) is 10.2 Å². The van der Waals surface area contributed by atoms with E-state index in [0.29, 0.717) is 23.2 Å². The number of aromatic nitrogens is 2. The largest absolute Gasteiger partial charge is 0.463 e. The van der Waals surface area contributed by atoms with E-state index in [4.69, 9.17) is 5.11 Å². The van der Waals surface area contributed by atoms with E-state index in [9.17, 15) is 9.18 Å². The normalized spacial score (nSPS) is 10.6. The fourth-order valence-electron chi connectivity index (χ4n) is 2.33. The molecule has 110 valence electrons. The topological polar surface area (TPSA) is 55.1 Å².